The van der Waals surface area contributed by atoms with E-state index in [2.05, 4.69) is 26.0 Å². The lowest BCUT2D eigenvalue weighted by molar-refractivity contribution is -0.131. The molecule has 2 aliphatic carbocycles. The maximum Gasteiger partial charge on any atom is 0.240 e. The van der Waals surface area contributed by atoms with Crippen molar-refractivity contribution in [3.63, 3.8) is 0 Å². The topological polar surface area (TPSA) is 127 Å². The molecule has 10 heteroatoms. The number of hydrogen-bond acceptors (Lipinski definition) is 6. The molecule has 3 amide bonds. The van der Waals surface area contributed by atoms with E-state index in [0.717, 1.165) is 18.4 Å². The molecule has 2 aromatic heterocycles. The van der Waals surface area contributed by atoms with Crippen LogP contribution in [-0.2, 0) is 14.4 Å². The van der Waals surface area contributed by atoms with Crippen LogP contribution in [0.3, 0.4) is 0 Å². The number of anilines is 3. The molecule has 10 nitrogen and oxygen atoms in total. The summed E-state index contributed by atoms with van der Waals surface area (Å²) in [5.41, 5.74) is 1.55. The van der Waals surface area contributed by atoms with E-state index in [-0.39, 0.29) is 23.6 Å². The van der Waals surface area contributed by atoms with Gasteiger partial charge in [0.25, 0.3) is 0 Å². The highest BCUT2D eigenvalue weighted by molar-refractivity contribution is 6.16. The molecule has 38 heavy (non-hydrogen) atoms. The number of carbonyl (C=O) groups is 3. The van der Waals surface area contributed by atoms with Gasteiger partial charge in [0.1, 0.15) is 11.2 Å². The third-order valence-corrected chi connectivity index (χ3v) is 6.79. The highest BCUT2D eigenvalue weighted by atomic mass is 16.5. The highest BCUT2D eigenvalue weighted by Crippen LogP contribution is 2.47. The second-order valence-corrected chi connectivity index (χ2v) is 9.80. The van der Waals surface area contributed by atoms with Crippen LogP contribution < -0.4 is 20.7 Å². The minimum Gasteiger partial charge on any atom is -0.437 e. The minimum atomic E-state index is -1.06. The van der Waals surface area contributed by atoms with Crippen molar-refractivity contribution in [3.8, 4) is 11.6 Å². The lowest BCUT2D eigenvalue weighted by Crippen LogP contribution is -2.35. The van der Waals surface area contributed by atoms with Crippen LogP contribution in [0.25, 0.3) is 5.65 Å². The number of carbonyl (C=O) groups excluding carboxylic acids is 3. The minimum absolute atomic E-state index is 0.0166. The fraction of sp³-hybridized carbons (Fsp3) is 0.250. The molecule has 192 valence electrons. The summed E-state index contributed by atoms with van der Waals surface area (Å²) in [4.78, 5) is 42.2. The molecule has 2 heterocycles. The molecule has 0 radical (unpaired) electrons. The van der Waals surface area contributed by atoms with Gasteiger partial charge in [-0.1, -0.05) is 18.2 Å². The normalized spacial score (nSPS) is 15.5. The van der Waals surface area contributed by atoms with Crippen LogP contribution in [0.15, 0.2) is 66.9 Å². The summed E-state index contributed by atoms with van der Waals surface area (Å²) in [6, 6.07) is 17.8. The van der Waals surface area contributed by atoms with Crippen molar-refractivity contribution in [1.82, 2.24) is 14.6 Å². The molecule has 4 aromatic rings. The Hall–Kier alpha value is -4.73. The van der Waals surface area contributed by atoms with Crippen LogP contribution >= 0.6 is 0 Å². The van der Waals surface area contributed by atoms with Gasteiger partial charge in [0.15, 0.2) is 11.5 Å². The summed E-state index contributed by atoms with van der Waals surface area (Å²) in [7, 11) is 0. The van der Waals surface area contributed by atoms with E-state index in [1.165, 1.54) is 0 Å². The van der Waals surface area contributed by atoms with Gasteiger partial charge in [-0.05, 0) is 74.6 Å². The van der Waals surface area contributed by atoms with E-state index >= 15 is 0 Å². The van der Waals surface area contributed by atoms with Crippen molar-refractivity contribution < 1.29 is 19.1 Å². The SMILES string of the molecule is Cc1cc(NC(=O)C2(C(=O)Nc3ccccc3)CC2)ccc1Oc1ccc2nc(NC(=O)C3CC3)cn2n1. The van der Waals surface area contributed by atoms with Gasteiger partial charge in [0.05, 0.1) is 6.20 Å². The number of hydrogen-bond donors (Lipinski definition) is 3. The number of para-hydroxylation sites is 1. The summed E-state index contributed by atoms with van der Waals surface area (Å²) in [6.45, 7) is 1.86. The van der Waals surface area contributed by atoms with Crippen LogP contribution in [0, 0.1) is 18.3 Å². The summed E-state index contributed by atoms with van der Waals surface area (Å²) >= 11 is 0. The molecular weight excluding hydrogens is 484 g/mol. The molecule has 0 atom stereocenters. The first-order valence-corrected chi connectivity index (χ1v) is 12.5. The molecule has 2 aliphatic rings. The Morgan fingerprint density at radius 2 is 1.66 bits per heavy atom. The molecule has 2 aromatic carbocycles. The first-order valence-electron chi connectivity index (χ1n) is 12.5. The number of benzene rings is 2. The number of ether oxygens (including phenoxy) is 1. The van der Waals surface area contributed by atoms with E-state index in [4.69, 9.17) is 4.74 Å². The second-order valence-electron chi connectivity index (χ2n) is 9.80. The van der Waals surface area contributed by atoms with E-state index in [1.54, 1.807) is 53.2 Å². The van der Waals surface area contributed by atoms with Gasteiger partial charge in [0, 0.05) is 23.4 Å². The third kappa shape index (κ3) is 4.80. The van der Waals surface area contributed by atoms with Gasteiger partial charge < -0.3 is 20.7 Å². The number of rotatable bonds is 8. The van der Waals surface area contributed by atoms with E-state index in [0.29, 0.717) is 47.3 Å². The smallest absolute Gasteiger partial charge is 0.240 e. The number of nitrogens with one attached hydrogen (secondary N) is 3. The van der Waals surface area contributed by atoms with Crippen LogP contribution in [-0.4, -0.2) is 32.3 Å². The van der Waals surface area contributed by atoms with Crippen molar-refractivity contribution in [2.45, 2.75) is 32.6 Å². The van der Waals surface area contributed by atoms with Crippen LogP contribution in [0.5, 0.6) is 11.6 Å². The average molecular weight is 511 g/mol. The number of nitrogens with zero attached hydrogens (tertiary/aromatic N) is 3. The molecule has 2 fully saturated rings. The Bertz CT molecular complexity index is 1560. The molecule has 0 bridgehead atoms. The van der Waals surface area contributed by atoms with Crippen molar-refractivity contribution in [1.29, 1.82) is 0 Å². The maximum absolute atomic E-state index is 13.0. The van der Waals surface area contributed by atoms with Crippen molar-refractivity contribution in [2.24, 2.45) is 11.3 Å². The Morgan fingerprint density at radius 3 is 2.34 bits per heavy atom. The zero-order valence-corrected chi connectivity index (χ0v) is 20.7. The lowest BCUT2D eigenvalue weighted by Gasteiger charge is -2.16. The number of aromatic nitrogens is 3. The molecule has 0 unspecified atom stereocenters. The second kappa shape index (κ2) is 9.29. The predicted molar refractivity (Wildman–Crippen MR) is 141 cm³/mol. The maximum atomic E-state index is 13.0. The van der Waals surface area contributed by atoms with E-state index < -0.39 is 5.41 Å². The van der Waals surface area contributed by atoms with Gasteiger partial charge in [-0.25, -0.2) is 9.50 Å². The van der Waals surface area contributed by atoms with Gasteiger partial charge in [-0.15, -0.1) is 5.10 Å². The summed E-state index contributed by atoms with van der Waals surface area (Å²) in [5, 5.41) is 13.0. The number of imidazole rings is 1. The van der Waals surface area contributed by atoms with Crippen LogP contribution in [0.2, 0.25) is 0 Å². The zero-order valence-electron chi connectivity index (χ0n) is 20.7. The number of fused-ring (bicyclic) bond motifs is 1. The molecule has 0 aliphatic heterocycles. The van der Waals surface area contributed by atoms with Gasteiger partial charge >= 0.3 is 0 Å². The molecule has 6 rings (SSSR count). The van der Waals surface area contributed by atoms with Crippen LogP contribution in [0.4, 0.5) is 17.2 Å². The Morgan fingerprint density at radius 1 is 0.921 bits per heavy atom. The highest BCUT2D eigenvalue weighted by Gasteiger charge is 2.56. The van der Waals surface area contributed by atoms with E-state index in [9.17, 15) is 14.4 Å². The Kier molecular flexibility index (Phi) is 5.79. The third-order valence-electron chi connectivity index (χ3n) is 6.79. The van der Waals surface area contributed by atoms with Crippen molar-refractivity contribution in [2.75, 3.05) is 16.0 Å². The number of amides is 3. The summed E-state index contributed by atoms with van der Waals surface area (Å²) < 4.78 is 7.53. The quantitative estimate of drug-likeness (QED) is 0.299. The van der Waals surface area contributed by atoms with Crippen molar-refractivity contribution >= 4 is 40.6 Å². The first kappa shape index (κ1) is 23.7. The zero-order chi connectivity index (χ0) is 26.3. The summed E-state index contributed by atoms with van der Waals surface area (Å²) in [6.07, 6.45) is 4.50. The molecular formula is C28H26N6O4. The predicted octanol–water partition coefficient (Wildman–Crippen LogP) is 4.54. The largest absolute Gasteiger partial charge is 0.437 e. The van der Waals surface area contributed by atoms with Gasteiger partial charge in [-0.3, -0.25) is 14.4 Å². The summed E-state index contributed by atoms with van der Waals surface area (Å²) in [5.74, 6) is 0.823. The Balaban J connectivity index is 1.11. The molecule has 0 saturated heterocycles. The van der Waals surface area contributed by atoms with Gasteiger partial charge in [0.2, 0.25) is 23.6 Å². The van der Waals surface area contributed by atoms with Gasteiger partial charge in [-0.2, -0.15) is 0 Å². The molecule has 0 spiro atoms. The monoisotopic (exact) mass is 510 g/mol. The average Bonchev–Trinajstić information content (AvgIpc) is 3.82. The number of aryl methyl sites for hydroxylation is 1. The first-order chi connectivity index (χ1) is 18.4. The standard InChI is InChI=1S/C28H26N6O4/c1-17-15-20(30-27(37)28(13-14-28)26(36)29-19-5-3-2-4-6-19)9-10-21(17)38-24-12-11-23-31-22(16-34(23)33-24)32-25(35)18-7-8-18/h2-6,9-12,15-16,18H,7-8,13-14H2,1H3,(H,29,36)(H,30,37)(H,32,35). The lowest BCUT2D eigenvalue weighted by atomic mass is 10.0. The van der Waals surface area contributed by atoms with Crippen molar-refractivity contribution in [3.05, 3.63) is 72.4 Å². The fourth-order valence-corrected chi connectivity index (χ4v) is 4.21. The molecule has 3 N–H and O–H groups in total. The molecule has 2 saturated carbocycles. The fourth-order valence-electron chi connectivity index (χ4n) is 4.21. The Labute approximate surface area is 218 Å². The van der Waals surface area contributed by atoms with Crippen LogP contribution in [0.1, 0.15) is 31.2 Å². The van der Waals surface area contributed by atoms with E-state index in [1.807, 2.05) is 25.1 Å².